The summed E-state index contributed by atoms with van der Waals surface area (Å²) in [5.74, 6) is -2.36. The number of nitrogens with one attached hydrogen (secondary N) is 1. The summed E-state index contributed by atoms with van der Waals surface area (Å²) in [6.07, 6.45) is 1.61. The molecule has 4 rings (SSSR count). The Labute approximate surface area is 178 Å². The number of amides is 2. The van der Waals surface area contributed by atoms with E-state index in [-0.39, 0.29) is 28.3 Å². The molecule has 0 saturated heterocycles. The van der Waals surface area contributed by atoms with E-state index in [1.165, 1.54) is 18.2 Å². The number of carbonyl (C=O) groups is 3. The van der Waals surface area contributed by atoms with E-state index >= 15 is 0 Å². The number of imide groups is 1. The number of hydrogen-bond donors (Lipinski definition) is 1. The molecule has 0 spiro atoms. The maximum absolute atomic E-state index is 12.9. The summed E-state index contributed by atoms with van der Waals surface area (Å²) in [6.45, 7) is 1.92. The van der Waals surface area contributed by atoms with Gasteiger partial charge in [0.2, 0.25) is 0 Å². The van der Waals surface area contributed by atoms with Gasteiger partial charge >= 0.3 is 5.97 Å². The average molecular weight is 441 g/mol. The number of fused-ring (bicyclic) bond motifs is 2. The van der Waals surface area contributed by atoms with Crippen molar-refractivity contribution in [2.24, 2.45) is 4.99 Å². The van der Waals surface area contributed by atoms with Gasteiger partial charge in [-0.05, 0) is 30.7 Å². The highest BCUT2D eigenvalue weighted by Crippen LogP contribution is 2.25. The first-order valence-corrected chi connectivity index (χ1v) is 11.2. The fourth-order valence-electron chi connectivity index (χ4n) is 3.42. The molecule has 1 N–H and O–H groups in total. The molecular weight excluding hydrogens is 422 g/mol. The number of benzene rings is 2. The molecule has 31 heavy (non-hydrogen) atoms. The van der Waals surface area contributed by atoms with Gasteiger partial charge in [-0.1, -0.05) is 49.1 Å². The molecular formula is C21H19N3O6S. The molecule has 0 aromatic heterocycles. The zero-order valence-electron chi connectivity index (χ0n) is 16.6. The molecule has 2 aromatic rings. The quantitative estimate of drug-likeness (QED) is 0.685. The third-order valence-corrected chi connectivity index (χ3v) is 6.39. The fourth-order valence-corrected chi connectivity index (χ4v) is 4.66. The topological polar surface area (TPSA) is 122 Å². The maximum atomic E-state index is 12.9. The zero-order valence-corrected chi connectivity index (χ0v) is 17.4. The van der Waals surface area contributed by atoms with Crippen molar-refractivity contribution in [2.45, 2.75) is 37.1 Å². The number of sulfonamides is 1. The monoisotopic (exact) mass is 441 g/mol. The van der Waals surface area contributed by atoms with Crippen LogP contribution in [-0.2, 0) is 19.7 Å². The van der Waals surface area contributed by atoms with Crippen molar-refractivity contribution in [3.63, 3.8) is 0 Å². The summed E-state index contributed by atoms with van der Waals surface area (Å²) in [7, 11) is -3.77. The molecule has 0 aliphatic carbocycles. The Balaban J connectivity index is 1.61. The van der Waals surface area contributed by atoms with E-state index < -0.39 is 33.8 Å². The van der Waals surface area contributed by atoms with Gasteiger partial charge in [-0.25, -0.2) is 13.2 Å². The lowest BCUT2D eigenvalue weighted by molar-refractivity contribution is -0.170. The normalized spacial score (nSPS) is 18.5. The predicted octanol–water partition coefficient (Wildman–Crippen LogP) is 2.04. The molecule has 0 radical (unpaired) electrons. The van der Waals surface area contributed by atoms with Crippen molar-refractivity contribution in [3.05, 3.63) is 65.2 Å². The van der Waals surface area contributed by atoms with Gasteiger partial charge in [0.15, 0.2) is 6.04 Å². The number of amidine groups is 1. The molecule has 0 bridgehead atoms. The number of carbonyl (C=O) groups excluding carboxylic acids is 3. The van der Waals surface area contributed by atoms with Gasteiger partial charge in [0.05, 0.1) is 16.0 Å². The minimum atomic E-state index is -3.77. The molecule has 1 atom stereocenters. The van der Waals surface area contributed by atoms with Gasteiger partial charge in [0.25, 0.3) is 21.8 Å². The largest absolute Gasteiger partial charge is 0.357 e. The van der Waals surface area contributed by atoms with Crippen LogP contribution in [0, 0.1) is 0 Å². The molecule has 0 saturated carbocycles. The van der Waals surface area contributed by atoms with Crippen LogP contribution in [0.5, 0.6) is 0 Å². The van der Waals surface area contributed by atoms with Gasteiger partial charge in [-0.2, -0.15) is 0 Å². The number of unbranched alkanes of at least 4 members (excludes halogenated alkanes) is 1. The summed E-state index contributed by atoms with van der Waals surface area (Å²) in [6, 6.07) is 11.3. The lowest BCUT2D eigenvalue weighted by Gasteiger charge is -2.17. The number of aliphatic imine (C=N–C) groups is 1. The molecule has 2 heterocycles. The van der Waals surface area contributed by atoms with E-state index in [4.69, 9.17) is 4.84 Å². The van der Waals surface area contributed by atoms with Crippen molar-refractivity contribution in [3.8, 4) is 0 Å². The van der Waals surface area contributed by atoms with Gasteiger partial charge in [-0.3, -0.25) is 19.3 Å². The van der Waals surface area contributed by atoms with E-state index in [9.17, 15) is 22.8 Å². The number of hydrogen-bond acceptors (Lipinski definition) is 7. The zero-order chi connectivity index (χ0) is 22.2. The van der Waals surface area contributed by atoms with Gasteiger partial charge in [0.1, 0.15) is 5.84 Å². The third-order valence-electron chi connectivity index (χ3n) is 4.99. The Kier molecular flexibility index (Phi) is 5.32. The highest BCUT2D eigenvalue weighted by Gasteiger charge is 2.40. The van der Waals surface area contributed by atoms with Crippen LogP contribution in [0.4, 0.5) is 0 Å². The van der Waals surface area contributed by atoms with Crippen LogP contribution in [0.2, 0.25) is 0 Å². The van der Waals surface area contributed by atoms with E-state index in [1.807, 2.05) is 6.92 Å². The van der Waals surface area contributed by atoms with Crippen molar-refractivity contribution in [1.29, 1.82) is 0 Å². The van der Waals surface area contributed by atoms with Crippen LogP contribution in [0.1, 0.15) is 52.5 Å². The Morgan fingerprint density at radius 3 is 2.23 bits per heavy atom. The standard InChI is InChI=1S/C21H19N3O6S/c1-2-3-11-16(22-18-15-10-6-7-12-17(15)31(28,29)23-18)21(27)30-24-19(25)13-8-4-5-9-14(13)20(24)26/h4-10,12,16H,2-3,11H2,1H3,(H,22,23). The Hall–Kier alpha value is -3.53. The number of hydroxylamine groups is 2. The van der Waals surface area contributed by atoms with Crippen molar-refractivity contribution < 1.29 is 27.6 Å². The average Bonchev–Trinajstić information content (AvgIpc) is 3.16. The summed E-state index contributed by atoms with van der Waals surface area (Å²) in [5.41, 5.74) is 0.640. The molecule has 2 aromatic carbocycles. The second kappa shape index (κ2) is 7.95. The van der Waals surface area contributed by atoms with Crippen LogP contribution in [0.3, 0.4) is 0 Å². The second-order valence-corrected chi connectivity index (χ2v) is 8.75. The molecule has 1 unspecified atom stereocenters. The van der Waals surface area contributed by atoms with Crippen molar-refractivity contribution in [1.82, 2.24) is 9.79 Å². The second-order valence-electron chi connectivity index (χ2n) is 7.10. The van der Waals surface area contributed by atoms with Gasteiger partial charge in [-0.15, -0.1) is 0 Å². The molecule has 160 valence electrons. The molecule has 2 aliphatic heterocycles. The smallest absolute Gasteiger partial charge is 0.327 e. The fraction of sp³-hybridized carbons (Fsp3) is 0.238. The van der Waals surface area contributed by atoms with Crippen LogP contribution in [-0.4, -0.2) is 43.1 Å². The minimum Gasteiger partial charge on any atom is -0.327 e. The Morgan fingerprint density at radius 2 is 1.61 bits per heavy atom. The summed E-state index contributed by atoms with van der Waals surface area (Å²) >= 11 is 0. The van der Waals surface area contributed by atoms with Crippen LogP contribution >= 0.6 is 0 Å². The predicted molar refractivity (Wildman–Crippen MR) is 110 cm³/mol. The van der Waals surface area contributed by atoms with E-state index in [2.05, 4.69) is 9.71 Å². The van der Waals surface area contributed by atoms with E-state index in [1.54, 1.807) is 30.3 Å². The van der Waals surface area contributed by atoms with Gasteiger partial charge < -0.3 is 4.84 Å². The van der Waals surface area contributed by atoms with Crippen molar-refractivity contribution >= 4 is 33.6 Å². The van der Waals surface area contributed by atoms with Crippen LogP contribution < -0.4 is 4.72 Å². The molecule has 9 nitrogen and oxygen atoms in total. The number of rotatable bonds is 6. The third kappa shape index (κ3) is 3.70. The van der Waals surface area contributed by atoms with Crippen molar-refractivity contribution in [2.75, 3.05) is 0 Å². The van der Waals surface area contributed by atoms with Crippen LogP contribution in [0.25, 0.3) is 0 Å². The summed E-state index contributed by atoms with van der Waals surface area (Å²) in [4.78, 5) is 47.3. The van der Waals surface area contributed by atoms with Gasteiger partial charge in [0, 0.05) is 5.56 Å². The molecule has 10 heteroatoms. The van der Waals surface area contributed by atoms with E-state index in [0.29, 0.717) is 17.0 Å². The Morgan fingerprint density at radius 1 is 1.03 bits per heavy atom. The molecule has 2 amide bonds. The minimum absolute atomic E-state index is 0.0241. The first kappa shape index (κ1) is 20.7. The summed E-state index contributed by atoms with van der Waals surface area (Å²) in [5, 5.41) is 0.429. The number of nitrogens with zero attached hydrogens (tertiary/aromatic N) is 2. The SMILES string of the molecule is CCCCC(N=C1NS(=O)(=O)c2ccccc21)C(=O)ON1C(=O)c2ccccc2C1=O. The highest BCUT2D eigenvalue weighted by molar-refractivity contribution is 7.90. The van der Waals surface area contributed by atoms with E-state index in [0.717, 1.165) is 6.42 Å². The molecule has 0 fully saturated rings. The maximum Gasteiger partial charge on any atom is 0.357 e. The summed E-state index contributed by atoms with van der Waals surface area (Å²) < 4.78 is 27.0. The first-order chi connectivity index (χ1) is 14.8. The highest BCUT2D eigenvalue weighted by atomic mass is 32.2. The van der Waals surface area contributed by atoms with Crippen LogP contribution in [0.15, 0.2) is 58.4 Å². The lowest BCUT2D eigenvalue weighted by Crippen LogP contribution is -2.37. The molecule has 2 aliphatic rings. The Bertz CT molecular complexity index is 1190. The lowest BCUT2D eigenvalue weighted by atomic mass is 10.1. The first-order valence-electron chi connectivity index (χ1n) is 9.73.